The normalized spacial score (nSPS) is 12.1. The summed E-state index contributed by atoms with van der Waals surface area (Å²) in [5, 5.41) is 4.96. The average molecular weight is 758 g/mol. The molecule has 262 valence electrons. The van der Waals surface area contributed by atoms with Crippen molar-refractivity contribution in [2.24, 2.45) is 16.9 Å². The number of nitrogens with one attached hydrogen (secondary N) is 2. The molecule has 0 unspecified atom stereocenters. The summed E-state index contributed by atoms with van der Waals surface area (Å²) in [5.74, 6) is 6.29. The molecular formula is C32H34Cl2N10O4S2. The topological polar surface area (TPSA) is 192 Å². The Kier molecular flexibility index (Phi) is 10.5. The monoisotopic (exact) mass is 756 g/mol. The van der Waals surface area contributed by atoms with Gasteiger partial charge in [-0.3, -0.25) is 5.43 Å². The molecule has 6 rings (SSSR count). The molecule has 4 aromatic heterocycles. The first-order chi connectivity index (χ1) is 23.5. The van der Waals surface area contributed by atoms with Crippen molar-refractivity contribution in [2.75, 3.05) is 10.9 Å². The van der Waals surface area contributed by atoms with Gasteiger partial charge in [-0.2, -0.15) is 25.0 Å². The number of benzene rings is 2. The van der Waals surface area contributed by atoms with Crippen LogP contribution in [0.2, 0.25) is 10.6 Å². The highest BCUT2D eigenvalue weighted by Crippen LogP contribution is 2.31. The molecule has 0 spiro atoms. The number of nitrogen functional groups attached to an aromatic ring is 1. The van der Waals surface area contributed by atoms with E-state index in [1.54, 1.807) is 80.7 Å². The van der Waals surface area contributed by atoms with Crippen molar-refractivity contribution in [3.8, 4) is 0 Å². The molecule has 0 radical (unpaired) electrons. The van der Waals surface area contributed by atoms with Crippen LogP contribution in [0.4, 0.5) is 11.6 Å². The van der Waals surface area contributed by atoms with E-state index < -0.39 is 20.0 Å². The van der Waals surface area contributed by atoms with Crippen molar-refractivity contribution in [1.29, 1.82) is 0 Å². The number of hydrazine groups is 1. The highest BCUT2D eigenvalue weighted by Gasteiger charge is 2.26. The van der Waals surface area contributed by atoms with Crippen LogP contribution in [0.5, 0.6) is 0 Å². The van der Waals surface area contributed by atoms with Crippen LogP contribution in [-0.4, -0.2) is 50.9 Å². The van der Waals surface area contributed by atoms with Gasteiger partial charge < -0.3 is 5.43 Å². The van der Waals surface area contributed by atoms with Crippen molar-refractivity contribution in [2.45, 2.75) is 51.3 Å². The smallest absolute Gasteiger partial charge is 0.269 e. The number of aromatic nitrogens is 6. The van der Waals surface area contributed by atoms with Gasteiger partial charge in [-0.25, -0.2) is 30.6 Å². The predicted octanol–water partition coefficient (Wildman–Crippen LogP) is 6.22. The number of hydrazone groups is 1. The zero-order valence-electron chi connectivity index (χ0n) is 27.8. The number of aryl methyl sites for hydroxylation is 4. The Morgan fingerprint density at radius 1 is 0.700 bits per heavy atom. The second-order valence-electron chi connectivity index (χ2n) is 11.7. The summed E-state index contributed by atoms with van der Waals surface area (Å²) in [5.41, 5.74) is 8.54. The van der Waals surface area contributed by atoms with Gasteiger partial charge in [0.2, 0.25) is 10.6 Å². The Balaban J connectivity index is 0.000000197. The second kappa shape index (κ2) is 14.3. The number of hydrogen-bond donors (Lipinski definition) is 3. The summed E-state index contributed by atoms with van der Waals surface area (Å²) in [6, 6.07) is 16.6. The average Bonchev–Trinajstić information content (AvgIpc) is 3.57. The van der Waals surface area contributed by atoms with Crippen LogP contribution < -0.4 is 16.7 Å². The molecule has 0 aliphatic rings. The molecule has 0 atom stereocenters. The Labute approximate surface area is 299 Å². The summed E-state index contributed by atoms with van der Waals surface area (Å²) in [4.78, 5) is 16.6. The van der Waals surface area contributed by atoms with Crippen LogP contribution in [-0.2, 0) is 20.0 Å². The molecule has 50 heavy (non-hydrogen) atoms. The number of anilines is 2. The fourth-order valence-electron chi connectivity index (χ4n) is 4.99. The number of hydrogen-bond acceptors (Lipinski definition) is 12. The minimum absolute atomic E-state index is 0.0665. The molecule has 18 heteroatoms. The molecule has 0 bridgehead atoms. The Morgan fingerprint density at radius 3 is 1.50 bits per heavy atom. The molecule has 0 fully saturated rings. The maximum Gasteiger partial charge on any atom is 0.269 e. The number of nitrogens with zero attached hydrogens (tertiary/aromatic N) is 7. The molecule has 2 aromatic carbocycles. The highest BCUT2D eigenvalue weighted by atomic mass is 35.5. The van der Waals surface area contributed by atoms with Crippen molar-refractivity contribution >= 4 is 83.2 Å². The van der Waals surface area contributed by atoms with Crippen LogP contribution >= 0.6 is 23.2 Å². The summed E-state index contributed by atoms with van der Waals surface area (Å²) in [6.07, 6.45) is 1.72. The fraction of sp³-hybridized carbons (Fsp3) is 0.219. The van der Waals surface area contributed by atoms with E-state index in [0.717, 1.165) is 15.1 Å². The molecule has 4 heterocycles. The van der Waals surface area contributed by atoms with E-state index >= 15 is 0 Å². The number of rotatable bonds is 8. The van der Waals surface area contributed by atoms with Gasteiger partial charge in [0.1, 0.15) is 0 Å². The SMILES string of the molecule is Cc1ccc(S(=O)(=O)n2c(C)cc3c(N/N=C/C(C)C)nc(Cl)nc32)cc1.Cc1ccc(S(=O)(=O)n2c(C)cc3c(NN)nc(Cl)nc32)cc1. The molecule has 4 N–H and O–H groups in total. The largest absolute Gasteiger partial charge is 0.308 e. The minimum atomic E-state index is -3.84. The fourth-order valence-corrected chi connectivity index (χ4v) is 8.30. The van der Waals surface area contributed by atoms with Gasteiger partial charge in [0.05, 0.1) is 20.6 Å². The number of halogens is 2. The molecule has 0 saturated carbocycles. The Hall–Kier alpha value is -4.61. The highest BCUT2D eigenvalue weighted by molar-refractivity contribution is 7.90. The summed E-state index contributed by atoms with van der Waals surface area (Å²) >= 11 is 11.9. The lowest BCUT2D eigenvalue weighted by atomic mass is 10.2. The van der Waals surface area contributed by atoms with Gasteiger partial charge in [0.25, 0.3) is 20.0 Å². The summed E-state index contributed by atoms with van der Waals surface area (Å²) in [7, 11) is -7.65. The van der Waals surface area contributed by atoms with Crippen LogP contribution in [0.1, 0.15) is 36.4 Å². The maximum atomic E-state index is 13.2. The molecule has 0 aliphatic carbocycles. The van der Waals surface area contributed by atoms with Crippen LogP contribution in [0.25, 0.3) is 22.1 Å². The summed E-state index contributed by atoms with van der Waals surface area (Å²) in [6.45, 7) is 11.1. The molecule has 0 saturated heterocycles. The second-order valence-corrected chi connectivity index (χ2v) is 15.9. The lowest BCUT2D eigenvalue weighted by Gasteiger charge is -2.10. The van der Waals surface area contributed by atoms with Gasteiger partial charge in [-0.05, 0) is 93.2 Å². The summed E-state index contributed by atoms with van der Waals surface area (Å²) < 4.78 is 54.6. The molecule has 0 amide bonds. The molecular weight excluding hydrogens is 723 g/mol. The predicted molar refractivity (Wildman–Crippen MR) is 197 cm³/mol. The maximum absolute atomic E-state index is 13.2. The zero-order chi connectivity index (χ0) is 36.5. The first-order valence-electron chi connectivity index (χ1n) is 15.1. The van der Waals surface area contributed by atoms with E-state index in [1.165, 1.54) is 3.97 Å². The van der Waals surface area contributed by atoms with E-state index in [2.05, 4.69) is 35.9 Å². The van der Waals surface area contributed by atoms with Gasteiger partial charge >= 0.3 is 0 Å². The quantitative estimate of drug-likeness (QED) is 0.0692. The van der Waals surface area contributed by atoms with E-state index in [0.29, 0.717) is 28.0 Å². The first-order valence-corrected chi connectivity index (χ1v) is 18.7. The van der Waals surface area contributed by atoms with Crippen molar-refractivity contribution in [1.82, 2.24) is 27.9 Å². The van der Waals surface area contributed by atoms with Crippen LogP contribution in [0.15, 0.2) is 75.6 Å². The van der Waals surface area contributed by atoms with Crippen LogP contribution in [0.3, 0.4) is 0 Å². The van der Waals surface area contributed by atoms with Crippen LogP contribution in [0, 0.1) is 33.6 Å². The van der Waals surface area contributed by atoms with Crippen molar-refractivity contribution in [3.05, 3.63) is 93.7 Å². The molecule has 14 nitrogen and oxygen atoms in total. The van der Waals surface area contributed by atoms with Crippen molar-refractivity contribution < 1.29 is 16.8 Å². The van der Waals surface area contributed by atoms with E-state index in [-0.39, 0.29) is 43.4 Å². The van der Waals surface area contributed by atoms with Gasteiger partial charge in [0, 0.05) is 17.6 Å². The van der Waals surface area contributed by atoms with E-state index in [1.807, 2.05) is 27.7 Å². The number of nitrogens with two attached hydrogens (primary N) is 1. The third-order valence-corrected chi connectivity index (χ3v) is 11.3. The Bertz CT molecular complexity index is 2460. The first kappa shape index (κ1) is 36.7. The van der Waals surface area contributed by atoms with E-state index in [9.17, 15) is 16.8 Å². The van der Waals surface area contributed by atoms with Gasteiger partial charge in [-0.1, -0.05) is 49.2 Å². The standard InChI is InChI=1S/C18H20ClN5O2S.C14H14ClN5O2S/c1-11(2)10-20-23-16-15-9-13(4)24(17(15)22-18(19)21-16)27(25,26)14-7-5-12(3)6-8-14;1-8-3-5-10(6-4-8)23(21,22)20-9(2)7-11-12(19-16)17-14(15)18-13(11)20/h5-11H,1-4H3,(H,21,22,23);3-7H,16H2,1-2H3,(H,17,18,19)/b20-10+;. The third kappa shape index (κ3) is 7.29. The minimum Gasteiger partial charge on any atom is -0.308 e. The molecule has 6 aromatic rings. The number of fused-ring (bicyclic) bond motifs is 2. The van der Waals surface area contributed by atoms with Gasteiger partial charge in [0.15, 0.2) is 22.9 Å². The molecule has 0 aliphatic heterocycles. The lowest BCUT2D eigenvalue weighted by Crippen LogP contribution is -2.15. The zero-order valence-corrected chi connectivity index (χ0v) is 31.0. The van der Waals surface area contributed by atoms with Gasteiger partial charge in [-0.15, -0.1) is 0 Å². The Morgan fingerprint density at radius 2 is 1.10 bits per heavy atom. The third-order valence-electron chi connectivity index (χ3n) is 7.33. The van der Waals surface area contributed by atoms with Crippen molar-refractivity contribution in [3.63, 3.8) is 0 Å². The van der Waals surface area contributed by atoms with E-state index in [4.69, 9.17) is 29.0 Å². The lowest BCUT2D eigenvalue weighted by molar-refractivity contribution is 0.586.